The molecule has 24 heavy (non-hydrogen) atoms. The van der Waals surface area contributed by atoms with Gasteiger partial charge in [0.25, 0.3) is 0 Å². The fourth-order valence-corrected chi connectivity index (χ4v) is 2.14. The summed E-state index contributed by atoms with van der Waals surface area (Å²) in [6.07, 6.45) is 1.19. The molecule has 0 saturated carbocycles. The molecule has 2 aromatic carbocycles. The molecule has 0 radical (unpaired) electrons. The summed E-state index contributed by atoms with van der Waals surface area (Å²) in [6, 6.07) is 15.2. The average Bonchev–Trinajstić information content (AvgIpc) is 2.61. The van der Waals surface area contributed by atoms with Gasteiger partial charge in [-0.25, -0.2) is 4.79 Å². The Bertz CT molecular complexity index is 758. The van der Waals surface area contributed by atoms with E-state index in [1.54, 1.807) is 12.3 Å². The molecule has 0 bridgehead atoms. The topological polar surface area (TPSA) is 63.0 Å². The lowest BCUT2D eigenvalue weighted by Crippen LogP contribution is -2.22. The fraction of sp³-hybridized carbons (Fsp3) is 0.167. The second kappa shape index (κ2) is 8.84. The van der Waals surface area contributed by atoms with Crippen molar-refractivity contribution in [3.05, 3.63) is 70.2 Å². The molecule has 0 fully saturated rings. The van der Waals surface area contributed by atoms with Gasteiger partial charge in [0, 0.05) is 11.6 Å². The minimum atomic E-state index is -0.505. The molecule has 0 unspecified atom stereocenters. The Labute approximate surface area is 146 Å². The molecule has 0 aliphatic rings. The molecule has 124 valence electrons. The number of carbonyl (C=O) groups excluding carboxylic acids is 1. The van der Waals surface area contributed by atoms with Gasteiger partial charge in [0.1, 0.15) is 0 Å². The van der Waals surface area contributed by atoms with E-state index in [1.165, 1.54) is 7.11 Å². The van der Waals surface area contributed by atoms with Gasteiger partial charge in [-0.2, -0.15) is 10.2 Å². The first-order chi connectivity index (χ1) is 11.6. The minimum Gasteiger partial charge on any atom is -0.453 e. The Morgan fingerprint density at radius 3 is 2.71 bits per heavy atom. The zero-order valence-electron chi connectivity index (χ0n) is 13.5. The Balaban J connectivity index is 2.11. The van der Waals surface area contributed by atoms with E-state index in [9.17, 15) is 4.79 Å². The standard InChI is InChI=1S/C18H18ClN3O2/c1-13(22-21-11-14-6-4-3-5-7-14)15-8-9-17(19)16(10-15)12-20-18(23)24-2/h3-11H,12H2,1-2H3,(H,20,23). The Morgan fingerprint density at radius 2 is 2.00 bits per heavy atom. The predicted octanol–water partition coefficient (Wildman–Crippen LogP) is 4.04. The van der Waals surface area contributed by atoms with E-state index in [-0.39, 0.29) is 6.54 Å². The summed E-state index contributed by atoms with van der Waals surface area (Å²) in [6.45, 7) is 2.14. The number of methoxy groups -OCH3 is 1. The summed E-state index contributed by atoms with van der Waals surface area (Å²) >= 11 is 6.15. The fourth-order valence-electron chi connectivity index (χ4n) is 1.95. The van der Waals surface area contributed by atoms with Crippen LogP contribution in [0.5, 0.6) is 0 Å². The number of benzene rings is 2. The lowest BCUT2D eigenvalue weighted by atomic mass is 10.1. The van der Waals surface area contributed by atoms with Gasteiger partial charge in [0.15, 0.2) is 0 Å². The molecule has 0 atom stereocenters. The van der Waals surface area contributed by atoms with Crippen molar-refractivity contribution in [1.29, 1.82) is 0 Å². The molecule has 2 rings (SSSR count). The second-order valence-corrected chi connectivity index (χ2v) is 5.40. The van der Waals surface area contributed by atoms with Crippen molar-refractivity contribution in [3.63, 3.8) is 0 Å². The number of rotatable bonds is 5. The monoisotopic (exact) mass is 343 g/mol. The number of amides is 1. The molecule has 0 aliphatic heterocycles. The van der Waals surface area contributed by atoms with Gasteiger partial charge >= 0.3 is 6.09 Å². The maximum absolute atomic E-state index is 11.2. The normalized spacial score (nSPS) is 11.5. The number of hydrogen-bond donors (Lipinski definition) is 1. The highest BCUT2D eigenvalue weighted by molar-refractivity contribution is 6.31. The third kappa shape index (κ3) is 5.21. The van der Waals surface area contributed by atoms with Crippen molar-refractivity contribution in [3.8, 4) is 0 Å². The van der Waals surface area contributed by atoms with Crippen molar-refractivity contribution >= 4 is 29.6 Å². The van der Waals surface area contributed by atoms with Crippen molar-refractivity contribution in [2.24, 2.45) is 10.2 Å². The van der Waals surface area contributed by atoms with Gasteiger partial charge in [-0.3, -0.25) is 0 Å². The molecule has 0 saturated heterocycles. The van der Waals surface area contributed by atoms with Gasteiger partial charge < -0.3 is 10.1 Å². The Morgan fingerprint density at radius 1 is 1.25 bits per heavy atom. The van der Waals surface area contributed by atoms with Crippen LogP contribution in [0.1, 0.15) is 23.6 Å². The summed E-state index contributed by atoms with van der Waals surface area (Å²) in [5.74, 6) is 0. The Hall–Kier alpha value is -2.66. The van der Waals surface area contributed by atoms with Gasteiger partial charge in [-0.1, -0.05) is 48.0 Å². The molecular weight excluding hydrogens is 326 g/mol. The van der Waals surface area contributed by atoms with Crippen LogP contribution in [0.15, 0.2) is 58.7 Å². The summed E-state index contributed by atoms with van der Waals surface area (Å²) in [5, 5.41) is 11.5. The number of ether oxygens (including phenoxy) is 1. The highest BCUT2D eigenvalue weighted by Crippen LogP contribution is 2.18. The largest absolute Gasteiger partial charge is 0.453 e. The summed E-state index contributed by atoms with van der Waals surface area (Å²) in [7, 11) is 1.31. The maximum Gasteiger partial charge on any atom is 0.407 e. The summed E-state index contributed by atoms with van der Waals surface area (Å²) in [4.78, 5) is 11.2. The van der Waals surface area contributed by atoms with E-state index in [2.05, 4.69) is 20.3 Å². The van der Waals surface area contributed by atoms with Crippen LogP contribution in [0, 0.1) is 0 Å². The average molecular weight is 344 g/mol. The third-order valence-electron chi connectivity index (χ3n) is 3.29. The van der Waals surface area contributed by atoms with Crippen LogP contribution in [0.25, 0.3) is 0 Å². The number of hydrogen-bond acceptors (Lipinski definition) is 4. The number of nitrogens with one attached hydrogen (secondary N) is 1. The van der Waals surface area contributed by atoms with Crippen LogP contribution in [0.2, 0.25) is 5.02 Å². The van der Waals surface area contributed by atoms with Crippen molar-refractivity contribution in [2.75, 3.05) is 7.11 Å². The van der Waals surface area contributed by atoms with Crippen LogP contribution in [-0.2, 0) is 11.3 Å². The SMILES string of the molecule is COC(=O)NCc1cc(C(C)=NN=Cc2ccccc2)ccc1Cl. The third-order valence-corrected chi connectivity index (χ3v) is 3.65. The molecular formula is C18H18ClN3O2. The molecule has 1 N–H and O–H groups in total. The molecule has 0 aromatic heterocycles. The van der Waals surface area contributed by atoms with Gasteiger partial charge in [-0.05, 0) is 35.7 Å². The molecule has 0 heterocycles. The predicted molar refractivity (Wildman–Crippen MR) is 96.9 cm³/mol. The molecule has 0 aliphatic carbocycles. The van der Waals surface area contributed by atoms with Crippen LogP contribution >= 0.6 is 11.6 Å². The van der Waals surface area contributed by atoms with Crippen molar-refractivity contribution in [2.45, 2.75) is 13.5 Å². The van der Waals surface area contributed by atoms with Crippen molar-refractivity contribution < 1.29 is 9.53 Å². The van der Waals surface area contributed by atoms with Gasteiger partial charge in [-0.15, -0.1) is 0 Å². The van der Waals surface area contributed by atoms with Crippen LogP contribution in [0.3, 0.4) is 0 Å². The van der Waals surface area contributed by atoms with E-state index in [4.69, 9.17) is 11.6 Å². The van der Waals surface area contributed by atoms with E-state index in [0.29, 0.717) is 5.02 Å². The number of halogens is 1. The van der Waals surface area contributed by atoms with E-state index >= 15 is 0 Å². The van der Waals surface area contributed by atoms with Crippen LogP contribution < -0.4 is 5.32 Å². The Kier molecular flexibility index (Phi) is 6.51. The van der Waals surface area contributed by atoms with E-state index in [1.807, 2.05) is 49.4 Å². The second-order valence-electron chi connectivity index (χ2n) is 4.99. The maximum atomic E-state index is 11.2. The summed E-state index contributed by atoms with van der Waals surface area (Å²) < 4.78 is 4.55. The first-order valence-electron chi connectivity index (χ1n) is 7.33. The quantitative estimate of drug-likeness (QED) is 0.657. The van der Waals surface area contributed by atoms with Crippen LogP contribution in [0.4, 0.5) is 4.79 Å². The van der Waals surface area contributed by atoms with Crippen LogP contribution in [-0.4, -0.2) is 25.1 Å². The van der Waals surface area contributed by atoms with Crippen molar-refractivity contribution in [1.82, 2.24) is 5.32 Å². The molecule has 1 amide bonds. The molecule has 0 spiro atoms. The number of nitrogens with zero attached hydrogens (tertiary/aromatic N) is 2. The smallest absolute Gasteiger partial charge is 0.407 e. The van der Waals surface area contributed by atoms with E-state index < -0.39 is 6.09 Å². The lowest BCUT2D eigenvalue weighted by Gasteiger charge is -2.08. The first-order valence-corrected chi connectivity index (χ1v) is 7.71. The molecule has 5 nitrogen and oxygen atoms in total. The lowest BCUT2D eigenvalue weighted by molar-refractivity contribution is 0.170. The molecule has 2 aromatic rings. The highest BCUT2D eigenvalue weighted by atomic mass is 35.5. The van der Waals surface area contributed by atoms with Gasteiger partial charge in [0.2, 0.25) is 0 Å². The zero-order valence-corrected chi connectivity index (χ0v) is 14.2. The minimum absolute atomic E-state index is 0.278. The zero-order chi connectivity index (χ0) is 17.4. The summed E-state index contributed by atoms with van der Waals surface area (Å²) in [5.41, 5.74) is 3.39. The van der Waals surface area contributed by atoms with E-state index in [0.717, 1.165) is 22.4 Å². The number of carbonyl (C=O) groups is 1. The molecule has 6 heteroatoms. The van der Waals surface area contributed by atoms with Gasteiger partial charge in [0.05, 0.1) is 19.0 Å². The number of alkyl carbamates (subject to hydrolysis) is 1. The highest BCUT2D eigenvalue weighted by Gasteiger charge is 2.06. The first kappa shape index (κ1) is 17.7.